The predicted octanol–water partition coefficient (Wildman–Crippen LogP) is 1.31. The molecule has 0 aliphatic carbocycles. The minimum Gasteiger partial charge on any atom is -0.467 e. The van der Waals surface area contributed by atoms with E-state index in [-0.39, 0.29) is 5.56 Å². The van der Waals surface area contributed by atoms with Crippen LogP contribution in [0.5, 0.6) is 0 Å². The first-order chi connectivity index (χ1) is 6.91. The molecule has 1 aromatic rings. The number of ether oxygens (including phenoxy) is 1. The number of carbonyl (C=O) groups excluding carboxylic acids is 1. The Balaban J connectivity index is 3.27. The van der Waals surface area contributed by atoms with E-state index in [4.69, 9.17) is 5.73 Å². The van der Waals surface area contributed by atoms with E-state index >= 15 is 0 Å². The van der Waals surface area contributed by atoms with E-state index < -0.39 is 23.1 Å². The van der Waals surface area contributed by atoms with Crippen molar-refractivity contribution in [1.29, 1.82) is 0 Å². The van der Waals surface area contributed by atoms with E-state index in [0.717, 1.165) is 13.2 Å². The fourth-order valence-electron chi connectivity index (χ4n) is 1.23. The van der Waals surface area contributed by atoms with Crippen molar-refractivity contribution in [2.45, 2.75) is 12.5 Å². The van der Waals surface area contributed by atoms with Crippen LogP contribution in [0.1, 0.15) is 12.5 Å². The van der Waals surface area contributed by atoms with Gasteiger partial charge in [0.15, 0.2) is 11.6 Å². The Labute approximate surface area is 85.8 Å². The maximum absolute atomic E-state index is 13.3. The SMILES string of the molecule is COC(=O)C(C)(N)c1cccc(F)c1F. The monoisotopic (exact) mass is 215 g/mol. The van der Waals surface area contributed by atoms with Gasteiger partial charge in [-0.3, -0.25) is 0 Å². The average molecular weight is 215 g/mol. The van der Waals surface area contributed by atoms with Crippen LogP contribution >= 0.6 is 0 Å². The predicted molar refractivity (Wildman–Crippen MR) is 49.9 cm³/mol. The summed E-state index contributed by atoms with van der Waals surface area (Å²) in [6.45, 7) is 1.26. The molecule has 0 saturated heterocycles. The van der Waals surface area contributed by atoms with Crippen LogP contribution in [0.25, 0.3) is 0 Å². The van der Waals surface area contributed by atoms with Gasteiger partial charge in [0.2, 0.25) is 0 Å². The molecule has 0 aliphatic heterocycles. The second-order valence-corrected chi connectivity index (χ2v) is 3.30. The molecule has 0 spiro atoms. The van der Waals surface area contributed by atoms with Gasteiger partial charge in [-0.1, -0.05) is 12.1 Å². The second-order valence-electron chi connectivity index (χ2n) is 3.30. The minimum atomic E-state index is -1.69. The largest absolute Gasteiger partial charge is 0.467 e. The van der Waals surface area contributed by atoms with Crippen molar-refractivity contribution in [3.63, 3.8) is 0 Å². The highest BCUT2D eigenvalue weighted by Crippen LogP contribution is 2.23. The molecule has 0 radical (unpaired) electrons. The second kappa shape index (κ2) is 3.94. The third-order valence-corrected chi connectivity index (χ3v) is 2.12. The van der Waals surface area contributed by atoms with Crippen molar-refractivity contribution in [3.05, 3.63) is 35.4 Å². The third kappa shape index (κ3) is 1.97. The Hall–Kier alpha value is -1.49. The van der Waals surface area contributed by atoms with Crippen molar-refractivity contribution < 1.29 is 18.3 Å². The molecule has 2 N–H and O–H groups in total. The lowest BCUT2D eigenvalue weighted by Crippen LogP contribution is -2.43. The molecule has 3 nitrogen and oxygen atoms in total. The number of esters is 1. The summed E-state index contributed by atoms with van der Waals surface area (Å²) in [5.41, 5.74) is 3.66. The number of carbonyl (C=O) groups is 1. The van der Waals surface area contributed by atoms with Crippen LogP contribution < -0.4 is 5.73 Å². The van der Waals surface area contributed by atoms with Crippen LogP contribution in [0.2, 0.25) is 0 Å². The van der Waals surface area contributed by atoms with Gasteiger partial charge in [-0.25, -0.2) is 13.6 Å². The molecule has 0 amide bonds. The van der Waals surface area contributed by atoms with Crippen molar-refractivity contribution in [2.24, 2.45) is 5.73 Å². The molecular formula is C10H11F2NO2. The Bertz CT molecular complexity index is 391. The first-order valence-electron chi connectivity index (χ1n) is 4.23. The lowest BCUT2D eigenvalue weighted by molar-refractivity contribution is -0.146. The highest BCUT2D eigenvalue weighted by atomic mass is 19.2. The lowest BCUT2D eigenvalue weighted by atomic mass is 9.93. The number of methoxy groups -OCH3 is 1. The number of hydrogen-bond donors (Lipinski definition) is 1. The number of halogens is 2. The highest BCUT2D eigenvalue weighted by molar-refractivity contribution is 5.81. The molecule has 0 saturated carbocycles. The number of nitrogens with two attached hydrogens (primary N) is 1. The zero-order valence-electron chi connectivity index (χ0n) is 8.38. The van der Waals surface area contributed by atoms with E-state index in [1.807, 2.05) is 0 Å². The van der Waals surface area contributed by atoms with Crippen molar-refractivity contribution in [3.8, 4) is 0 Å². The fraction of sp³-hybridized carbons (Fsp3) is 0.300. The molecule has 15 heavy (non-hydrogen) atoms. The third-order valence-electron chi connectivity index (χ3n) is 2.12. The Morgan fingerprint density at radius 2 is 2.07 bits per heavy atom. The summed E-state index contributed by atoms with van der Waals surface area (Å²) in [7, 11) is 1.13. The van der Waals surface area contributed by atoms with Gasteiger partial charge in [-0.05, 0) is 13.0 Å². The first kappa shape index (κ1) is 11.6. The number of hydrogen-bond acceptors (Lipinski definition) is 3. The molecule has 0 aromatic heterocycles. The molecule has 1 unspecified atom stereocenters. The molecular weight excluding hydrogens is 204 g/mol. The maximum Gasteiger partial charge on any atom is 0.330 e. The summed E-state index contributed by atoms with van der Waals surface area (Å²) in [6.07, 6.45) is 0. The average Bonchev–Trinajstić information content (AvgIpc) is 2.20. The van der Waals surface area contributed by atoms with Crippen molar-refractivity contribution >= 4 is 5.97 Å². The fourth-order valence-corrected chi connectivity index (χ4v) is 1.23. The zero-order chi connectivity index (χ0) is 11.6. The quantitative estimate of drug-likeness (QED) is 0.757. The highest BCUT2D eigenvalue weighted by Gasteiger charge is 2.35. The number of rotatable bonds is 2. The topological polar surface area (TPSA) is 52.3 Å². The Morgan fingerprint density at radius 1 is 1.47 bits per heavy atom. The van der Waals surface area contributed by atoms with Crippen LogP contribution in [0.3, 0.4) is 0 Å². The van der Waals surface area contributed by atoms with E-state index in [2.05, 4.69) is 4.74 Å². The van der Waals surface area contributed by atoms with Crippen LogP contribution in [0.4, 0.5) is 8.78 Å². The van der Waals surface area contributed by atoms with E-state index in [1.165, 1.54) is 19.1 Å². The summed E-state index contributed by atoms with van der Waals surface area (Å²) in [5.74, 6) is -3.01. The van der Waals surface area contributed by atoms with Crippen LogP contribution in [-0.2, 0) is 15.1 Å². The molecule has 0 fully saturated rings. The summed E-state index contributed by atoms with van der Waals surface area (Å²) in [4.78, 5) is 11.3. The summed E-state index contributed by atoms with van der Waals surface area (Å²) >= 11 is 0. The molecule has 82 valence electrons. The zero-order valence-corrected chi connectivity index (χ0v) is 8.38. The molecule has 1 atom stereocenters. The van der Waals surface area contributed by atoms with Crippen molar-refractivity contribution in [1.82, 2.24) is 0 Å². The summed E-state index contributed by atoms with van der Waals surface area (Å²) < 4.78 is 30.6. The van der Waals surface area contributed by atoms with Crippen LogP contribution in [-0.4, -0.2) is 13.1 Å². The lowest BCUT2D eigenvalue weighted by Gasteiger charge is -2.22. The van der Waals surface area contributed by atoms with Crippen LogP contribution in [0, 0.1) is 11.6 Å². The van der Waals surface area contributed by atoms with Gasteiger partial charge in [-0.15, -0.1) is 0 Å². The van der Waals surface area contributed by atoms with Crippen molar-refractivity contribution in [2.75, 3.05) is 7.11 Å². The Morgan fingerprint density at radius 3 is 2.60 bits per heavy atom. The molecule has 1 aromatic carbocycles. The first-order valence-corrected chi connectivity index (χ1v) is 4.23. The van der Waals surface area contributed by atoms with Gasteiger partial charge < -0.3 is 10.5 Å². The molecule has 0 aliphatic rings. The Kier molecular flexibility index (Phi) is 3.04. The summed E-state index contributed by atoms with van der Waals surface area (Å²) in [5, 5.41) is 0. The van der Waals surface area contributed by atoms with Gasteiger partial charge in [0.1, 0.15) is 5.54 Å². The summed E-state index contributed by atoms with van der Waals surface area (Å²) in [6, 6.07) is 3.48. The van der Waals surface area contributed by atoms with Gasteiger partial charge in [-0.2, -0.15) is 0 Å². The molecule has 1 rings (SSSR count). The van der Waals surface area contributed by atoms with E-state index in [0.29, 0.717) is 0 Å². The van der Waals surface area contributed by atoms with Gasteiger partial charge >= 0.3 is 5.97 Å². The van der Waals surface area contributed by atoms with Gasteiger partial charge in [0.25, 0.3) is 0 Å². The van der Waals surface area contributed by atoms with Gasteiger partial charge in [0, 0.05) is 5.56 Å². The molecule has 0 bridgehead atoms. The van der Waals surface area contributed by atoms with E-state index in [9.17, 15) is 13.6 Å². The molecule has 0 heterocycles. The standard InChI is InChI=1S/C10H11F2NO2/c1-10(13,9(14)15-2)6-4-3-5-7(11)8(6)12/h3-5H,13H2,1-2H3. The van der Waals surface area contributed by atoms with Crippen LogP contribution in [0.15, 0.2) is 18.2 Å². The minimum absolute atomic E-state index is 0.227. The maximum atomic E-state index is 13.3. The van der Waals surface area contributed by atoms with Gasteiger partial charge in [0.05, 0.1) is 7.11 Å². The number of benzene rings is 1. The smallest absolute Gasteiger partial charge is 0.330 e. The molecule has 5 heteroatoms. The normalized spacial score (nSPS) is 14.5. The van der Waals surface area contributed by atoms with E-state index in [1.54, 1.807) is 0 Å².